The van der Waals surface area contributed by atoms with Crippen molar-refractivity contribution >= 4 is 23.2 Å². The molecule has 0 unspecified atom stereocenters. The van der Waals surface area contributed by atoms with Crippen LogP contribution >= 0.6 is 23.2 Å². The number of halogens is 3. The van der Waals surface area contributed by atoms with Gasteiger partial charge in [-0.2, -0.15) is 0 Å². The van der Waals surface area contributed by atoms with Crippen molar-refractivity contribution in [2.24, 2.45) is 5.92 Å². The third-order valence-electron chi connectivity index (χ3n) is 3.38. The molecule has 0 amide bonds. The van der Waals surface area contributed by atoms with Gasteiger partial charge in [0.15, 0.2) is 0 Å². The Hall–Kier alpha value is -0.310. The summed E-state index contributed by atoms with van der Waals surface area (Å²) >= 11 is 12.1. The lowest BCUT2D eigenvalue weighted by molar-refractivity contribution is 0.0888. The minimum Gasteiger partial charge on any atom is -0.380 e. The van der Waals surface area contributed by atoms with E-state index in [2.05, 4.69) is 0 Å². The van der Waals surface area contributed by atoms with Crippen molar-refractivity contribution in [3.05, 3.63) is 35.6 Å². The number of hydrogen-bond donors (Lipinski definition) is 0. The van der Waals surface area contributed by atoms with E-state index in [-0.39, 0.29) is 5.82 Å². The van der Waals surface area contributed by atoms with Crippen LogP contribution in [0.1, 0.15) is 18.4 Å². The fraction of sp³-hybridized carbons (Fsp3) is 0.571. The molecule has 0 bridgehead atoms. The van der Waals surface area contributed by atoms with Crippen LogP contribution in [0, 0.1) is 11.7 Å². The van der Waals surface area contributed by atoms with E-state index in [1.807, 2.05) is 6.07 Å². The molecule has 0 atom stereocenters. The zero-order valence-corrected chi connectivity index (χ0v) is 11.7. The van der Waals surface area contributed by atoms with Crippen molar-refractivity contribution in [3.63, 3.8) is 0 Å². The molecule has 1 nitrogen and oxygen atoms in total. The minimum absolute atomic E-state index is 0.269. The van der Waals surface area contributed by atoms with Gasteiger partial charge in [-0.1, -0.05) is 12.1 Å². The molecule has 1 aliphatic carbocycles. The predicted molar refractivity (Wildman–Crippen MR) is 73.1 cm³/mol. The van der Waals surface area contributed by atoms with Gasteiger partial charge < -0.3 is 4.74 Å². The van der Waals surface area contributed by atoms with E-state index in [9.17, 15) is 4.39 Å². The SMILES string of the molecule is Fc1cccc(C(CCl)(CCl)COCC2CC2)c1. The molecule has 0 N–H and O–H groups in total. The lowest BCUT2D eigenvalue weighted by Gasteiger charge is -2.30. The van der Waals surface area contributed by atoms with E-state index in [0.29, 0.717) is 24.3 Å². The minimum atomic E-state index is -0.500. The Bertz CT molecular complexity index is 389. The van der Waals surface area contributed by atoms with Crippen LogP contribution in [0.25, 0.3) is 0 Å². The van der Waals surface area contributed by atoms with Gasteiger partial charge in [0.05, 0.1) is 6.61 Å². The number of hydrogen-bond acceptors (Lipinski definition) is 1. The summed E-state index contributed by atoms with van der Waals surface area (Å²) in [6.07, 6.45) is 2.49. The second-order valence-corrected chi connectivity index (χ2v) is 5.55. The molecule has 1 aromatic rings. The lowest BCUT2D eigenvalue weighted by atomic mass is 9.85. The summed E-state index contributed by atoms with van der Waals surface area (Å²) in [4.78, 5) is 0. The maximum atomic E-state index is 13.3. The standard InChI is InChI=1S/C14H17Cl2FO/c15-8-14(9-16,10-18-7-11-4-5-11)12-2-1-3-13(17)6-12/h1-3,6,11H,4-5,7-10H2. The fourth-order valence-electron chi connectivity index (χ4n) is 1.87. The van der Waals surface area contributed by atoms with Crippen molar-refractivity contribution in [1.29, 1.82) is 0 Å². The molecule has 1 aromatic carbocycles. The molecular formula is C14H17Cl2FO. The molecule has 0 spiro atoms. The lowest BCUT2D eigenvalue weighted by Crippen LogP contribution is -2.36. The maximum Gasteiger partial charge on any atom is 0.123 e. The molecule has 0 saturated heterocycles. The molecule has 1 aliphatic rings. The van der Waals surface area contributed by atoms with Crippen molar-refractivity contribution in [3.8, 4) is 0 Å². The second kappa shape index (κ2) is 6.23. The second-order valence-electron chi connectivity index (χ2n) is 5.02. The number of rotatable bonds is 7. The van der Waals surface area contributed by atoms with E-state index in [1.165, 1.54) is 25.0 Å². The van der Waals surface area contributed by atoms with Gasteiger partial charge in [0.1, 0.15) is 5.82 Å². The van der Waals surface area contributed by atoms with E-state index in [1.54, 1.807) is 6.07 Å². The zero-order valence-electron chi connectivity index (χ0n) is 10.2. The first-order valence-electron chi connectivity index (χ1n) is 6.16. The Morgan fingerprint density at radius 3 is 2.56 bits per heavy atom. The maximum absolute atomic E-state index is 13.3. The summed E-state index contributed by atoms with van der Waals surface area (Å²) in [5, 5.41) is 0. The van der Waals surface area contributed by atoms with Crippen LogP contribution in [-0.4, -0.2) is 25.0 Å². The molecule has 1 saturated carbocycles. The summed E-state index contributed by atoms with van der Waals surface area (Å²) in [7, 11) is 0. The largest absolute Gasteiger partial charge is 0.380 e. The first-order chi connectivity index (χ1) is 8.70. The third kappa shape index (κ3) is 3.37. The van der Waals surface area contributed by atoms with Crippen LogP contribution in [0.2, 0.25) is 0 Å². The highest BCUT2D eigenvalue weighted by Crippen LogP contribution is 2.32. The van der Waals surface area contributed by atoms with Gasteiger partial charge >= 0.3 is 0 Å². The molecule has 0 radical (unpaired) electrons. The highest BCUT2D eigenvalue weighted by molar-refractivity contribution is 6.22. The Labute approximate surface area is 117 Å². The van der Waals surface area contributed by atoms with Gasteiger partial charge in [-0.15, -0.1) is 23.2 Å². The first-order valence-corrected chi connectivity index (χ1v) is 7.23. The molecular weight excluding hydrogens is 274 g/mol. The first kappa shape index (κ1) is 14.1. The van der Waals surface area contributed by atoms with E-state index in [4.69, 9.17) is 27.9 Å². The van der Waals surface area contributed by atoms with Crippen LogP contribution in [0.3, 0.4) is 0 Å². The summed E-state index contributed by atoms with van der Waals surface area (Å²) in [5.74, 6) is 1.07. The number of benzene rings is 1. The fourth-order valence-corrected chi connectivity index (χ4v) is 2.62. The van der Waals surface area contributed by atoms with Gasteiger partial charge in [-0.05, 0) is 36.5 Å². The average Bonchev–Trinajstić information content (AvgIpc) is 3.19. The van der Waals surface area contributed by atoms with E-state index in [0.717, 1.165) is 12.2 Å². The van der Waals surface area contributed by atoms with Crippen LogP contribution in [-0.2, 0) is 10.2 Å². The molecule has 0 aliphatic heterocycles. The summed E-state index contributed by atoms with van der Waals surface area (Å²) in [6.45, 7) is 1.20. The number of alkyl halides is 2. The van der Waals surface area contributed by atoms with Crippen LogP contribution in [0.5, 0.6) is 0 Å². The predicted octanol–water partition coefficient (Wildman–Crippen LogP) is 3.97. The van der Waals surface area contributed by atoms with Crippen LogP contribution in [0.15, 0.2) is 24.3 Å². The van der Waals surface area contributed by atoms with Gasteiger partial charge in [0, 0.05) is 23.8 Å². The molecule has 4 heteroatoms. The van der Waals surface area contributed by atoms with Gasteiger partial charge in [0.2, 0.25) is 0 Å². The summed E-state index contributed by atoms with van der Waals surface area (Å²) < 4.78 is 19.0. The van der Waals surface area contributed by atoms with Crippen molar-refractivity contribution < 1.29 is 9.13 Å². The molecule has 0 aromatic heterocycles. The monoisotopic (exact) mass is 290 g/mol. The van der Waals surface area contributed by atoms with E-state index >= 15 is 0 Å². The third-order valence-corrected chi connectivity index (χ3v) is 4.40. The molecule has 18 heavy (non-hydrogen) atoms. The highest BCUT2D eigenvalue weighted by atomic mass is 35.5. The highest BCUT2D eigenvalue weighted by Gasteiger charge is 2.32. The van der Waals surface area contributed by atoms with E-state index < -0.39 is 5.41 Å². The Balaban J connectivity index is 2.08. The normalized spacial score (nSPS) is 15.9. The van der Waals surface area contributed by atoms with Crippen molar-refractivity contribution in [2.75, 3.05) is 25.0 Å². The summed E-state index contributed by atoms with van der Waals surface area (Å²) in [6, 6.07) is 6.45. The van der Waals surface area contributed by atoms with Crippen molar-refractivity contribution in [1.82, 2.24) is 0 Å². The Morgan fingerprint density at radius 1 is 1.28 bits per heavy atom. The van der Waals surface area contributed by atoms with Gasteiger partial charge in [-0.3, -0.25) is 0 Å². The number of ether oxygens (including phenoxy) is 1. The van der Waals surface area contributed by atoms with Gasteiger partial charge in [0.25, 0.3) is 0 Å². The topological polar surface area (TPSA) is 9.23 Å². The van der Waals surface area contributed by atoms with Crippen LogP contribution in [0.4, 0.5) is 4.39 Å². The average molecular weight is 291 g/mol. The molecule has 0 heterocycles. The quantitative estimate of drug-likeness (QED) is 0.691. The van der Waals surface area contributed by atoms with Gasteiger partial charge in [-0.25, -0.2) is 4.39 Å². The smallest absolute Gasteiger partial charge is 0.123 e. The molecule has 100 valence electrons. The molecule has 2 rings (SSSR count). The summed E-state index contributed by atoms with van der Waals surface area (Å²) in [5.41, 5.74) is 0.309. The van der Waals surface area contributed by atoms with Crippen molar-refractivity contribution in [2.45, 2.75) is 18.3 Å². The van der Waals surface area contributed by atoms with Crippen LogP contribution < -0.4 is 0 Å². The molecule has 1 fully saturated rings. The Kier molecular flexibility index (Phi) is 4.88. The Morgan fingerprint density at radius 2 is 2.00 bits per heavy atom. The zero-order chi connectivity index (χ0) is 13.0.